The maximum Gasteiger partial charge on any atom is 0.416 e. The minimum absolute atomic E-state index is 0.0500. The fraction of sp³-hybridized carbons (Fsp3) is 0.0769. The van der Waals surface area contributed by atoms with Crippen LogP contribution in [0.3, 0.4) is 0 Å². The Bertz CT molecular complexity index is 687. The van der Waals surface area contributed by atoms with E-state index < -0.39 is 11.7 Å². The van der Waals surface area contributed by atoms with Gasteiger partial charge in [-0.25, -0.2) is 0 Å². The van der Waals surface area contributed by atoms with E-state index >= 15 is 0 Å². The fourth-order valence-electron chi connectivity index (χ4n) is 1.65. The lowest BCUT2D eigenvalue weighted by molar-refractivity contribution is -0.137. The molecule has 2 rings (SSSR count). The monoisotopic (exact) mass is 354 g/mol. The van der Waals surface area contributed by atoms with Gasteiger partial charge in [0.2, 0.25) is 0 Å². The Morgan fingerprint density at radius 2 is 1.52 bits per heavy atom. The van der Waals surface area contributed by atoms with E-state index in [1.165, 1.54) is 18.2 Å². The number of benzene rings is 2. The summed E-state index contributed by atoms with van der Waals surface area (Å²) >= 11 is 17.3. The Balaban J connectivity index is 2.40. The van der Waals surface area contributed by atoms with Crippen molar-refractivity contribution < 1.29 is 13.2 Å². The van der Waals surface area contributed by atoms with E-state index in [1.54, 1.807) is 0 Å². The first-order valence-electron chi connectivity index (χ1n) is 5.56. The molecule has 0 bridgehead atoms. The molecule has 0 aliphatic heterocycles. The number of hydrogen-bond donors (Lipinski definition) is 2. The molecule has 2 aromatic rings. The maximum absolute atomic E-state index is 12.7. The molecule has 0 unspecified atom stereocenters. The quantitative estimate of drug-likeness (QED) is 0.649. The summed E-state index contributed by atoms with van der Waals surface area (Å²) in [5, 5.41) is 3.17. The highest BCUT2D eigenvalue weighted by Gasteiger charge is 2.31. The van der Waals surface area contributed by atoms with Gasteiger partial charge in [0.05, 0.1) is 27.0 Å². The van der Waals surface area contributed by atoms with E-state index in [0.717, 1.165) is 12.1 Å². The summed E-state index contributed by atoms with van der Waals surface area (Å²) in [5.41, 5.74) is 5.59. The van der Waals surface area contributed by atoms with Crippen LogP contribution in [0.1, 0.15) is 5.56 Å². The standard InChI is InChI=1S/C13H8Cl3F3N2/c14-7-1-6(13(17,18)19)2-8(3-7)21-12-5-10(16)9(15)4-11(12)20/h1-5,21H,20H2. The van der Waals surface area contributed by atoms with Gasteiger partial charge in [-0.1, -0.05) is 34.8 Å². The van der Waals surface area contributed by atoms with Gasteiger partial charge < -0.3 is 11.1 Å². The summed E-state index contributed by atoms with van der Waals surface area (Å²) < 4.78 is 38.2. The van der Waals surface area contributed by atoms with Crippen LogP contribution in [0.25, 0.3) is 0 Å². The van der Waals surface area contributed by atoms with Gasteiger partial charge in [0.25, 0.3) is 0 Å². The summed E-state index contributed by atoms with van der Waals surface area (Å²) in [7, 11) is 0. The van der Waals surface area contributed by atoms with Crippen molar-refractivity contribution in [2.24, 2.45) is 0 Å². The van der Waals surface area contributed by atoms with Crippen LogP contribution in [0.5, 0.6) is 0 Å². The van der Waals surface area contributed by atoms with Gasteiger partial charge in [0.1, 0.15) is 0 Å². The summed E-state index contributed by atoms with van der Waals surface area (Å²) in [4.78, 5) is 0. The van der Waals surface area contributed by atoms with Gasteiger partial charge in [0.15, 0.2) is 0 Å². The number of nitrogens with two attached hydrogens (primary N) is 1. The predicted octanol–water partition coefficient (Wildman–Crippen LogP) is 5.99. The molecule has 0 heterocycles. The van der Waals surface area contributed by atoms with Crippen molar-refractivity contribution in [1.29, 1.82) is 0 Å². The molecule has 0 amide bonds. The molecule has 0 aliphatic carbocycles. The highest BCUT2D eigenvalue weighted by atomic mass is 35.5. The van der Waals surface area contributed by atoms with E-state index in [-0.39, 0.29) is 26.4 Å². The van der Waals surface area contributed by atoms with Crippen LogP contribution in [-0.4, -0.2) is 0 Å². The summed E-state index contributed by atoms with van der Waals surface area (Å²) in [6.45, 7) is 0. The number of anilines is 3. The van der Waals surface area contributed by atoms with Crippen LogP contribution in [-0.2, 0) is 6.18 Å². The molecule has 2 aromatic carbocycles. The molecule has 0 aromatic heterocycles. The zero-order valence-corrected chi connectivity index (χ0v) is 12.5. The molecular weight excluding hydrogens is 348 g/mol. The normalized spacial score (nSPS) is 11.5. The van der Waals surface area contributed by atoms with Gasteiger partial charge in [-0.05, 0) is 30.3 Å². The van der Waals surface area contributed by atoms with Crippen LogP contribution >= 0.6 is 34.8 Å². The molecule has 0 radical (unpaired) electrons. The topological polar surface area (TPSA) is 38.0 Å². The number of rotatable bonds is 2. The summed E-state index contributed by atoms with van der Waals surface area (Å²) in [6.07, 6.45) is -4.50. The van der Waals surface area contributed by atoms with Crippen LogP contribution < -0.4 is 11.1 Å². The van der Waals surface area contributed by atoms with Crippen LogP contribution in [0.4, 0.5) is 30.2 Å². The van der Waals surface area contributed by atoms with Crippen molar-refractivity contribution in [3.8, 4) is 0 Å². The van der Waals surface area contributed by atoms with E-state index in [0.29, 0.717) is 5.69 Å². The third-order valence-electron chi connectivity index (χ3n) is 2.60. The van der Waals surface area contributed by atoms with Gasteiger partial charge >= 0.3 is 6.18 Å². The lowest BCUT2D eigenvalue weighted by atomic mass is 10.2. The molecule has 8 heteroatoms. The molecule has 0 saturated carbocycles. The second kappa shape index (κ2) is 5.83. The number of halogens is 6. The zero-order chi connectivity index (χ0) is 15.8. The van der Waals surface area contributed by atoms with Gasteiger partial charge in [0, 0.05) is 10.7 Å². The van der Waals surface area contributed by atoms with Crippen molar-refractivity contribution in [2.45, 2.75) is 6.18 Å². The van der Waals surface area contributed by atoms with Crippen molar-refractivity contribution in [1.82, 2.24) is 0 Å². The van der Waals surface area contributed by atoms with Crippen molar-refractivity contribution in [2.75, 3.05) is 11.1 Å². The number of nitrogen functional groups attached to an aromatic ring is 1. The number of hydrogen-bond acceptors (Lipinski definition) is 2. The minimum Gasteiger partial charge on any atom is -0.397 e. The maximum atomic E-state index is 12.7. The third kappa shape index (κ3) is 3.87. The van der Waals surface area contributed by atoms with Crippen LogP contribution in [0.2, 0.25) is 15.1 Å². The lowest BCUT2D eigenvalue weighted by Crippen LogP contribution is -2.06. The first-order valence-corrected chi connectivity index (χ1v) is 6.69. The highest BCUT2D eigenvalue weighted by Crippen LogP contribution is 2.36. The highest BCUT2D eigenvalue weighted by molar-refractivity contribution is 6.42. The molecule has 21 heavy (non-hydrogen) atoms. The smallest absolute Gasteiger partial charge is 0.397 e. The Kier molecular flexibility index (Phi) is 4.46. The fourth-order valence-corrected chi connectivity index (χ4v) is 2.22. The molecule has 0 saturated heterocycles. The Morgan fingerprint density at radius 3 is 2.14 bits per heavy atom. The second-order valence-corrected chi connectivity index (χ2v) is 5.46. The van der Waals surface area contributed by atoms with E-state index in [2.05, 4.69) is 5.32 Å². The van der Waals surface area contributed by atoms with Crippen LogP contribution in [0, 0.1) is 0 Å². The summed E-state index contributed by atoms with van der Waals surface area (Å²) in [6, 6.07) is 5.94. The summed E-state index contributed by atoms with van der Waals surface area (Å²) in [5.74, 6) is 0. The molecular formula is C13H8Cl3F3N2. The lowest BCUT2D eigenvalue weighted by Gasteiger charge is -2.13. The minimum atomic E-state index is -4.50. The average molecular weight is 356 g/mol. The van der Waals surface area contributed by atoms with E-state index in [4.69, 9.17) is 40.5 Å². The zero-order valence-electron chi connectivity index (χ0n) is 10.2. The molecule has 0 fully saturated rings. The van der Waals surface area contributed by atoms with Crippen molar-refractivity contribution >= 4 is 51.9 Å². The van der Waals surface area contributed by atoms with Gasteiger partial charge in [-0.3, -0.25) is 0 Å². The first-order chi connectivity index (χ1) is 9.66. The molecule has 112 valence electrons. The second-order valence-electron chi connectivity index (χ2n) is 4.20. The molecule has 0 spiro atoms. The number of nitrogens with one attached hydrogen (secondary N) is 1. The SMILES string of the molecule is Nc1cc(Cl)c(Cl)cc1Nc1cc(Cl)cc(C(F)(F)F)c1. The molecule has 2 nitrogen and oxygen atoms in total. The Labute approximate surface area is 133 Å². The first kappa shape index (κ1) is 16.1. The average Bonchev–Trinajstić information content (AvgIpc) is 2.34. The molecule has 0 atom stereocenters. The van der Waals surface area contributed by atoms with E-state index in [9.17, 15) is 13.2 Å². The Hall–Kier alpha value is -1.30. The van der Waals surface area contributed by atoms with Crippen molar-refractivity contribution in [3.63, 3.8) is 0 Å². The van der Waals surface area contributed by atoms with Crippen molar-refractivity contribution in [3.05, 3.63) is 51.0 Å². The van der Waals surface area contributed by atoms with Gasteiger partial charge in [-0.15, -0.1) is 0 Å². The van der Waals surface area contributed by atoms with Gasteiger partial charge in [-0.2, -0.15) is 13.2 Å². The molecule has 3 N–H and O–H groups in total. The number of alkyl halides is 3. The third-order valence-corrected chi connectivity index (χ3v) is 3.54. The molecule has 0 aliphatic rings. The Morgan fingerprint density at radius 1 is 0.905 bits per heavy atom. The largest absolute Gasteiger partial charge is 0.416 e. The van der Waals surface area contributed by atoms with E-state index in [1.807, 2.05) is 0 Å². The predicted molar refractivity (Wildman–Crippen MR) is 80.6 cm³/mol. The van der Waals surface area contributed by atoms with Crippen LogP contribution in [0.15, 0.2) is 30.3 Å².